The number of ether oxygens (including phenoxy) is 2. The van der Waals surface area contributed by atoms with Gasteiger partial charge in [-0.3, -0.25) is 4.79 Å². The van der Waals surface area contributed by atoms with Gasteiger partial charge in [-0.1, -0.05) is 90.2 Å². The van der Waals surface area contributed by atoms with Crippen LogP contribution in [0.4, 0.5) is 4.79 Å². The number of carbonyl (C=O) groups is 2. The van der Waals surface area contributed by atoms with E-state index >= 15 is 0 Å². The second kappa shape index (κ2) is 17.6. The van der Waals surface area contributed by atoms with Crippen LogP contribution in [0, 0.1) is 41.4 Å². The van der Waals surface area contributed by atoms with E-state index in [1.807, 2.05) is 53.7 Å². The fourth-order valence-electron chi connectivity index (χ4n) is 5.80. The summed E-state index contributed by atoms with van der Waals surface area (Å²) in [7, 11) is 0. The van der Waals surface area contributed by atoms with Gasteiger partial charge in [0.05, 0.1) is 30.3 Å². The number of allylic oxidation sites excluding steroid dienone is 3. The number of cyclic esters (lactones) is 1. The summed E-state index contributed by atoms with van der Waals surface area (Å²) in [6.07, 6.45) is 6.04. The number of hydrogen-bond donors (Lipinski definition) is 5. The number of esters is 1. The number of hydrogen-bond acceptors (Lipinski definition) is 8. The van der Waals surface area contributed by atoms with Gasteiger partial charge >= 0.3 is 12.1 Å². The molecule has 0 bridgehead atoms. The SMILES string of the molecule is C=C/C=C\[C@H](C)[C@@H](OC(N)=O)[C@@H](C)[C@@H](O)[C@H](C)C/C(C)=C\[C@H](C)[C@H](O)[C@@H](C)/C=C\[C@H](O)C[C@@H]1OC(=O)[C@@H](C)[C@@H](O)[C@H]1C. The van der Waals surface area contributed by atoms with Crippen LogP contribution in [-0.4, -0.2) is 69.1 Å². The molecule has 0 aromatic heterocycles. The summed E-state index contributed by atoms with van der Waals surface area (Å²) in [6.45, 7) is 18.5. The maximum Gasteiger partial charge on any atom is 0.404 e. The molecule has 1 aliphatic rings. The van der Waals surface area contributed by atoms with E-state index in [0.717, 1.165) is 5.57 Å². The van der Waals surface area contributed by atoms with Crippen molar-refractivity contribution in [2.24, 2.45) is 47.2 Å². The maximum atomic E-state index is 12.0. The lowest BCUT2D eigenvalue weighted by Gasteiger charge is -2.36. The van der Waals surface area contributed by atoms with Crippen molar-refractivity contribution in [2.75, 3.05) is 0 Å². The quantitative estimate of drug-likeness (QED) is 0.101. The number of amides is 1. The van der Waals surface area contributed by atoms with Crippen LogP contribution < -0.4 is 5.73 Å². The smallest absolute Gasteiger partial charge is 0.404 e. The van der Waals surface area contributed by atoms with Crippen LogP contribution in [0.5, 0.6) is 0 Å². The van der Waals surface area contributed by atoms with Crippen molar-refractivity contribution in [3.63, 3.8) is 0 Å². The average Bonchev–Trinajstić information content (AvgIpc) is 2.93. The van der Waals surface area contributed by atoms with E-state index in [2.05, 4.69) is 6.58 Å². The van der Waals surface area contributed by atoms with Crippen molar-refractivity contribution in [3.05, 3.63) is 48.6 Å². The van der Waals surface area contributed by atoms with Crippen LogP contribution in [0.2, 0.25) is 0 Å². The summed E-state index contributed by atoms with van der Waals surface area (Å²) in [6, 6.07) is 0. The van der Waals surface area contributed by atoms with Gasteiger partial charge in [0.1, 0.15) is 12.2 Å². The first-order chi connectivity index (χ1) is 19.5. The van der Waals surface area contributed by atoms with Gasteiger partial charge in [0, 0.05) is 36.0 Å². The van der Waals surface area contributed by atoms with E-state index in [-0.39, 0.29) is 41.9 Å². The lowest BCUT2D eigenvalue weighted by Crippen LogP contribution is -2.47. The molecule has 9 heteroatoms. The van der Waals surface area contributed by atoms with Crippen LogP contribution in [0.1, 0.15) is 68.2 Å². The summed E-state index contributed by atoms with van der Waals surface area (Å²) in [5.74, 6) is -2.52. The van der Waals surface area contributed by atoms with Gasteiger partial charge in [-0.15, -0.1) is 0 Å². The summed E-state index contributed by atoms with van der Waals surface area (Å²) < 4.78 is 10.8. The first-order valence-electron chi connectivity index (χ1n) is 15.0. The molecular formula is C33H55NO8. The van der Waals surface area contributed by atoms with Crippen molar-refractivity contribution in [3.8, 4) is 0 Å². The minimum Gasteiger partial charge on any atom is -0.462 e. The van der Waals surface area contributed by atoms with Crippen molar-refractivity contribution in [2.45, 2.75) is 105 Å². The predicted molar refractivity (Wildman–Crippen MR) is 164 cm³/mol. The lowest BCUT2D eigenvalue weighted by molar-refractivity contribution is -0.179. The highest BCUT2D eigenvalue weighted by molar-refractivity contribution is 5.73. The van der Waals surface area contributed by atoms with E-state index in [4.69, 9.17) is 15.2 Å². The molecule has 0 radical (unpaired) electrons. The number of aliphatic hydroxyl groups is 4. The van der Waals surface area contributed by atoms with E-state index in [0.29, 0.717) is 6.42 Å². The molecule has 9 nitrogen and oxygen atoms in total. The molecule has 0 aliphatic carbocycles. The molecule has 0 saturated carbocycles. The molecule has 0 aromatic rings. The fourth-order valence-corrected chi connectivity index (χ4v) is 5.80. The summed E-state index contributed by atoms with van der Waals surface area (Å²) in [5.41, 5.74) is 6.30. The highest BCUT2D eigenvalue weighted by Gasteiger charge is 2.41. The Hall–Kier alpha value is -2.46. The molecule has 1 fully saturated rings. The highest BCUT2D eigenvalue weighted by Crippen LogP contribution is 2.30. The van der Waals surface area contributed by atoms with Gasteiger partial charge in [-0.2, -0.15) is 0 Å². The molecule has 42 heavy (non-hydrogen) atoms. The second-order valence-corrected chi connectivity index (χ2v) is 12.4. The molecule has 6 N–H and O–H groups in total. The Morgan fingerprint density at radius 3 is 2.21 bits per heavy atom. The van der Waals surface area contributed by atoms with Gasteiger partial charge in [-0.05, 0) is 26.2 Å². The van der Waals surface area contributed by atoms with Crippen LogP contribution in [-0.2, 0) is 14.3 Å². The van der Waals surface area contributed by atoms with E-state index in [1.165, 1.54) is 0 Å². The Morgan fingerprint density at radius 1 is 1.02 bits per heavy atom. The third-order valence-corrected chi connectivity index (χ3v) is 8.62. The van der Waals surface area contributed by atoms with Crippen LogP contribution in [0.3, 0.4) is 0 Å². The Labute approximate surface area is 252 Å². The summed E-state index contributed by atoms with van der Waals surface area (Å²) in [5, 5.41) is 42.8. The van der Waals surface area contributed by atoms with Gasteiger partial charge in [0.2, 0.25) is 0 Å². The molecule has 1 saturated heterocycles. The molecule has 0 aromatic carbocycles. The monoisotopic (exact) mass is 593 g/mol. The Kier molecular flexibility index (Phi) is 15.7. The number of primary amides is 1. The number of rotatable bonds is 16. The molecule has 1 amide bonds. The normalized spacial score (nSPS) is 28.3. The van der Waals surface area contributed by atoms with Crippen molar-refractivity contribution in [1.82, 2.24) is 0 Å². The van der Waals surface area contributed by atoms with E-state index < -0.39 is 54.6 Å². The zero-order chi connectivity index (χ0) is 32.3. The average molecular weight is 594 g/mol. The van der Waals surface area contributed by atoms with E-state index in [1.54, 1.807) is 38.2 Å². The molecule has 1 aliphatic heterocycles. The summed E-state index contributed by atoms with van der Waals surface area (Å²) in [4.78, 5) is 23.5. The zero-order valence-electron chi connectivity index (χ0n) is 26.6. The Bertz CT molecular complexity index is 962. The molecule has 0 spiro atoms. The minimum atomic E-state index is -0.894. The molecule has 240 valence electrons. The second-order valence-electron chi connectivity index (χ2n) is 12.4. The third-order valence-electron chi connectivity index (χ3n) is 8.62. The minimum absolute atomic E-state index is 0.152. The number of nitrogens with two attached hydrogens (primary N) is 1. The number of carbonyl (C=O) groups excluding carboxylic acids is 2. The van der Waals surface area contributed by atoms with Crippen LogP contribution in [0.25, 0.3) is 0 Å². The molecule has 1 heterocycles. The van der Waals surface area contributed by atoms with Crippen LogP contribution >= 0.6 is 0 Å². The Balaban J connectivity index is 2.76. The maximum absolute atomic E-state index is 12.0. The predicted octanol–water partition coefficient (Wildman–Crippen LogP) is 4.30. The first kappa shape index (κ1) is 37.6. The van der Waals surface area contributed by atoms with Gasteiger partial charge < -0.3 is 35.6 Å². The topological polar surface area (TPSA) is 160 Å². The summed E-state index contributed by atoms with van der Waals surface area (Å²) >= 11 is 0. The molecule has 1 rings (SSSR count). The largest absolute Gasteiger partial charge is 0.462 e. The van der Waals surface area contributed by atoms with E-state index in [9.17, 15) is 30.0 Å². The van der Waals surface area contributed by atoms with Gasteiger partial charge in [0.25, 0.3) is 0 Å². The first-order valence-corrected chi connectivity index (χ1v) is 15.0. The molecule has 13 atom stereocenters. The highest BCUT2D eigenvalue weighted by atomic mass is 16.6. The third kappa shape index (κ3) is 11.3. The lowest BCUT2D eigenvalue weighted by atomic mass is 9.81. The van der Waals surface area contributed by atoms with Crippen molar-refractivity contribution in [1.29, 1.82) is 0 Å². The van der Waals surface area contributed by atoms with Gasteiger partial charge in [0.15, 0.2) is 0 Å². The number of aliphatic hydroxyl groups excluding tert-OH is 4. The zero-order valence-corrected chi connectivity index (χ0v) is 26.6. The van der Waals surface area contributed by atoms with Crippen molar-refractivity contribution < 1.29 is 39.5 Å². The fraction of sp³-hybridized carbons (Fsp3) is 0.697. The molecule has 0 unspecified atom stereocenters. The van der Waals surface area contributed by atoms with Crippen molar-refractivity contribution >= 4 is 12.1 Å². The Morgan fingerprint density at radius 2 is 1.64 bits per heavy atom. The molecular weight excluding hydrogens is 538 g/mol. The standard InChI is InChI=1S/C33H55NO8/c1-10-11-12-20(4)31(42-33(34)40)24(8)29(37)22(6)16-18(2)15-21(5)28(36)19(3)13-14-26(35)17-27-23(7)30(38)25(9)32(39)41-27/h10-15,19-31,35-38H,1,16-17H2,2-9H3,(H2,34,40)/b12-11-,14-13-,18-15-/t19-,20-,21-,22+,23-,24-,25-,26-,27-,28+,29-,30-,31+/m0/s1. The van der Waals surface area contributed by atoms with Gasteiger partial charge in [-0.25, -0.2) is 4.79 Å². The van der Waals surface area contributed by atoms with Crippen LogP contribution in [0.15, 0.2) is 48.6 Å².